The highest BCUT2D eigenvalue weighted by Gasteiger charge is 2.11. The van der Waals surface area contributed by atoms with E-state index in [1.54, 1.807) is 6.07 Å². The molecule has 5 nitrogen and oxygen atoms in total. The molecular weight excluding hydrogens is 204 g/mol. The second-order valence-electron chi connectivity index (χ2n) is 2.66. The topological polar surface area (TPSA) is 79.3 Å². The number of hydrogen-bond donors (Lipinski definition) is 2. The van der Waals surface area contributed by atoms with E-state index in [1.165, 1.54) is 18.5 Å². The van der Waals surface area contributed by atoms with Crippen LogP contribution in [0, 0.1) is 0 Å². The lowest BCUT2D eigenvalue weighted by Gasteiger charge is -2.04. The van der Waals surface area contributed by atoms with Crippen molar-refractivity contribution in [2.45, 2.75) is 11.3 Å². The minimum Gasteiger partial charge on any atom is -0.396 e. The van der Waals surface area contributed by atoms with Gasteiger partial charge in [0.1, 0.15) is 4.90 Å². The predicted molar refractivity (Wildman–Crippen MR) is 51.1 cm³/mol. The molecule has 1 heterocycles. The van der Waals surface area contributed by atoms with E-state index in [9.17, 15) is 8.42 Å². The van der Waals surface area contributed by atoms with Gasteiger partial charge in [0.15, 0.2) is 0 Å². The fourth-order valence-electron chi connectivity index (χ4n) is 0.875. The SMILES string of the molecule is O=S(=O)(NCCCO)c1cccnc1. The van der Waals surface area contributed by atoms with Crippen molar-refractivity contribution in [2.24, 2.45) is 0 Å². The lowest BCUT2D eigenvalue weighted by molar-refractivity contribution is 0.289. The highest BCUT2D eigenvalue weighted by molar-refractivity contribution is 7.89. The van der Waals surface area contributed by atoms with Crippen LogP contribution in [-0.2, 0) is 10.0 Å². The van der Waals surface area contributed by atoms with Crippen LogP contribution in [0.1, 0.15) is 6.42 Å². The van der Waals surface area contributed by atoms with Crippen molar-refractivity contribution in [1.29, 1.82) is 0 Å². The van der Waals surface area contributed by atoms with Crippen LogP contribution in [0.25, 0.3) is 0 Å². The lowest BCUT2D eigenvalue weighted by Crippen LogP contribution is -2.25. The largest absolute Gasteiger partial charge is 0.396 e. The number of hydrogen-bond acceptors (Lipinski definition) is 4. The molecule has 78 valence electrons. The van der Waals surface area contributed by atoms with Gasteiger partial charge in [0, 0.05) is 25.5 Å². The Morgan fingerprint density at radius 2 is 2.29 bits per heavy atom. The Balaban J connectivity index is 2.67. The van der Waals surface area contributed by atoms with Crippen LogP contribution in [0.4, 0.5) is 0 Å². The normalized spacial score (nSPS) is 11.5. The summed E-state index contributed by atoms with van der Waals surface area (Å²) >= 11 is 0. The van der Waals surface area contributed by atoms with E-state index >= 15 is 0 Å². The average Bonchev–Trinajstić information content (AvgIpc) is 2.19. The second-order valence-corrected chi connectivity index (χ2v) is 4.43. The molecule has 0 amide bonds. The first kappa shape index (κ1) is 11.1. The maximum atomic E-state index is 11.5. The molecule has 0 aliphatic rings. The summed E-state index contributed by atoms with van der Waals surface area (Å²) < 4.78 is 25.3. The summed E-state index contributed by atoms with van der Waals surface area (Å²) in [5.41, 5.74) is 0. The molecule has 0 unspecified atom stereocenters. The number of aromatic nitrogens is 1. The Morgan fingerprint density at radius 1 is 1.50 bits per heavy atom. The number of nitrogens with zero attached hydrogens (tertiary/aromatic N) is 1. The molecule has 0 saturated carbocycles. The van der Waals surface area contributed by atoms with Gasteiger partial charge in [-0.15, -0.1) is 0 Å². The highest BCUT2D eigenvalue weighted by Crippen LogP contribution is 2.04. The number of rotatable bonds is 5. The zero-order valence-corrected chi connectivity index (χ0v) is 8.37. The summed E-state index contributed by atoms with van der Waals surface area (Å²) in [5.74, 6) is 0. The van der Waals surface area contributed by atoms with Crippen LogP contribution in [-0.4, -0.2) is 31.7 Å². The van der Waals surface area contributed by atoms with E-state index < -0.39 is 10.0 Å². The van der Waals surface area contributed by atoms with Crippen molar-refractivity contribution in [2.75, 3.05) is 13.2 Å². The highest BCUT2D eigenvalue weighted by atomic mass is 32.2. The fourth-order valence-corrected chi connectivity index (χ4v) is 1.91. The van der Waals surface area contributed by atoms with Crippen LogP contribution < -0.4 is 4.72 Å². The molecule has 1 aromatic rings. The van der Waals surface area contributed by atoms with E-state index in [2.05, 4.69) is 9.71 Å². The molecule has 0 aliphatic heterocycles. The summed E-state index contributed by atoms with van der Waals surface area (Å²) in [5, 5.41) is 8.49. The van der Waals surface area contributed by atoms with Gasteiger partial charge in [0.25, 0.3) is 0 Å². The zero-order valence-electron chi connectivity index (χ0n) is 7.55. The number of aliphatic hydroxyl groups excluding tert-OH is 1. The Morgan fingerprint density at radius 3 is 2.86 bits per heavy atom. The van der Waals surface area contributed by atoms with Crippen LogP contribution >= 0.6 is 0 Å². The molecule has 0 atom stereocenters. The minimum atomic E-state index is -3.46. The van der Waals surface area contributed by atoms with Gasteiger partial charge in [-0.05, 0) is 18.6 Å². The van der Waals surface area contributed by atoms with Crippen molar-refractivity contribution in [3.63, 3.8) is 0 Å². The van der Waals surface area contributed by atoms with Crippen molar-refractivity contribution >= 4 is 10.0 Å². The third kappa shape index (κ3) is 3.06. The van der Waals surface area contributed by atoms with E-state index in [-0.39, 0.29) is 18.0 Å². The molecule has 0 aliphatic carbocycles. The van der Waals surface area contributed by atoms with Crippen molar-refractivity contribution in [1.82, 2.24) is 9.71 Å². The van der Waals surface area contributed by atoms with Gasteiger partial charge in [-0.2, -0.15) is 0 Å². The van der Waals surface area contributed by atoms with E-state index in [1.807, 2.05) is 0 Å². The molecule has 2 N–H and O–H groups in total. The molecule has 0 bridgehead atoms. The molecule has 1 rings (SSSR count). The van der Waals surface area contributed by atoms with E-state index in [4.69, 9.17) is 5.11 Å². The standard InChI is InChI=1S/C8H12N2O3S/c11-6-2-5-10-14(12,13)8-3-1-4-9-7-8/h1,3-4,7,10-11H,2,5-6H2. The van der Waals surface area contributed by atoms with Gasteiger partial charge in [0.2, 0.25) is 10.0 Å². The van der Waals surface area contributed by atoms with Crippen molar-refractivity contribution < 1.29 is 13.5 Å². The Kier molecular flexibility index (Phi) is 3.99. The van der Waals surface area contributed by atoms with Crippen LogP contribution in [0.2, 0.25) is 0 Å². The van der Waals surface area contributed by atoms with Crippen molar-refractivity contribution in [3.05, 3.63) is 24.5 Å². The number of aliphatic hydroxyl groups is 1. The van der Waals surface area contributed by atoms with Crippen LogP contribution in [0.5, 0.6) is 0 Å². The van der Waals surface area contributed by atoms with Gasteiger partial charge in [-0.3, -0.25) is 4.98 Å². The second kappa shape index (κ2) is 5.04. The van der Waals surface area contributed by atoms with Crippen LogP contribution in [0.3, 0.4) is 0 Å². The van der Waals surface area contributed by atoms with Gasteiger partial charge < -0.3 is 5.11 Å². The van der Waals surface area contributed by atoms with Gasteiger partial charge in [-0.25, -0.2) is 13.1 Å². The number of sulfonamides is 1. The Labute approximate surface area is 82.9 Å². The molecule has 14 heavy (non-hydrogen) atoms. The molecule has 0 radical (unpaired) electrons. The lowest BCUT2D eigenvalue weighted by atomic mass is 10.5. The summed E-state index contributed by atoms with van der Waals surface area (Å²) in [7, 11) is -3.46. The first-order chi connectivity index (χ1) is 6.67. The van der Waals surface area contributed by atoms with E-state index in [0.717, 1.165) is 0 Å². The molecule has 1 aromatic heterocycles. The average molecular weight is 216 g/mol. The minimum absolute atomic E-state index is 0.0322. The monoisotopic (exact) mass is 216 g/mol. The Bertz CT molecular complexity index is 363. The molecule has 0 aromatic carbocycles. The maximum absolute atomic E-state index is 11.5. The van der Waals surface area contributed by atoms with Gasteiger partial charge >= 0.3 is 0 Å². The molecule has 0 fully saturated rings. The summed E-state index contributed by atoms with van der Waals surface area (Å²) in [6.07, 6.45) is 3.19. The quantitative estimate of drug-likeness (QED) is 0.665. The number of nitrogens with one attached hydrogen (secondary N) is 1. The zero-order chi connectivity index (χ0) is 10.4. The fraction of sp³-hybridized carbons (Fsp3) is 0.375. The first-order valence-corrected chi connectivity index (χ1v) is 5.65. The summed E-state index contributed by atoms with van der Waals surface area (Å²) in [6, 6.07) is 3.02. The molecule has 0 saturated heterocycles. The predicted octanol–water partition coefficient (Wildman–Crippen LogP) is -0.258. The third-order valence-corrected chi connectivity index (χ3v) is 3.02. The van der Waals surface area contributed by atoms with Crippen molar-refractivity contribution in [3.8, 4) is 0 Å². The van der Waals surface area contributed by atoms with E-state index in [0.29, 0.717) is 6.42 Å². The first-order valence-electron chi connectivity index (χ1n) is 4.17. The summed E-state index contributed by atoms with van der Waals surface area (Å²) in [6.45, 7) is 0.198. The Hall–Kier alpha value is -0.980. The smallest absolute Gasteiger partial charge is 0.242 e. The third-order valence-electron chi connectivity index (χ3n) is 1.57. The molecule has 0 spiro atoms. The van der Waals surface area contributed by atoms with Gasteiger partial charge in [0.05, 0.1) is 0 Å². The number of pyridine rings is 1. The summed E-state index contributed by atoms with van der Waals surface area (Å²) in [4.78, 5) is 3.85. The molecular formula is C8H12N2O3S. The van der Waals surface area contributed by atoms with Crippen LogP contribution in [0.15, 0.2) is 29.4 Å². The maximum Gasteiger partial charge on any atom is 0.242 e. The van der Waals surface area contributed by atoms with Gasteiger partial charge in [-0.1, -0.05) is 0 Å². The molecule has 6 heteroatoms.